The van der Waals surface area contributed by atoms with Gasteiger partial charge < -0.3 is 5.32 Å². The zero-order valence-corrected chi connectivity index (χ0v) is 18.0. The number of aromatic nitrogens is 1. The van der Waals surface area contributed by atoms with Gasteiger partial charge >= 0.3 is 0 Å². The Morgan fingerprint density at radius 1 is 0.968 bits per heavy atom. The van der Waals surface area contributed by atoms with Gasteiger partial charge in [-0.3, -0.25) is 4.79 Å². The number of anilines is 1. The molecule has 5 nitrogen and oxygen atoms in total. The van der Waals surface area contributed by atoms with Crippen LogP contribution in [0.2, 0.25) is 0 Å². The number of thiazole rings is 1. The van der Waals surface area contributed by atoms with Crippen LogP contribution in [0.1, 0.15) is 12.8 Å². The van der Waals surface area contributed by atoms with E-state index in [0.717, 1.165) is 32.9 Å². The van der Waals surface area contributed by atoms with Crippen LogP contribution in [0, 0.1) is 5.82 Å². The van der Waals surface area contributed by atoms with Crippen LogP contribution in [0.15, 0.2) is 77.7 Å². The molecule has 1 aromatic heterocycles. The SMILES string of the molecule is O=C(CCCS(=O)(=O)c1ccc(F)cc1)Nc1ccc(-c2nc3ccccc3s2)cc1. The standard InChI is InChI=1S/C23H19FN2O3S2/c24-17-9-13-19(14-10-17)31(28,29)15-3-6-22(27)25-18-11-7-16(8-12-18)23-26-20-4-1-2-5-21(20)30-23/h1-2,4-5,7-14H,3,6,15H2,(H,25,27). The van der Waals surface area contributed by atoms with Gasteiger partial charge in [0.1, 0.15) is 10.8 Å². The van der Waals surface area contributed by atoms with Gasteiger partial charge in [-0.2, -0.15) is 0 Å². The number of hydrogen-bond acceptors (Lipinski definition) is 5. The molecule has 0 aliphatic carbocycles. The van der Waals surface area contributed by atoms with Crippen LogP contribution in [-0.4, -0.2) is 25.1 Å². The van der Waals surface area contributed by atoms with Crippen LogP contribution >= 0.6 is 11.3 Å². The van der Waals surface area contributed by atoms with E-state index in [4.69, 9.17) is 0 Å². The van der Waals surface area contributed by atoms with Crippen molar-refractivity contribution in [3.8, 4) is 10.6 Å². The minimum atomic E-state index is -3.55. The van der Waals surface area contributed by atoms with Crippen molar-refractivity contribution < 1.29 is 17.6 Å². The van der Waals surface area contributed by atoms with Gasteiger partial charge in [-0.1, -0.05) is 12.1 Å². The molecule has 1 heterocycles. The topological polar surface area (TPSA) is 76.1 Å². The third-order valence-corrected chi connectivity index (χ3v) is 7.60. The highest BCUT2D eigenvalue weighted by Crippen LogP contribution is 2.30. The Morgan fingerprint density at radius 2 is 1.68 bits per heavy atom. The highest BCUT2D eigenvalue weighted by atomic mass is 32.2. The van der Waals surface area contributed by atoms with Crippen LogP contribution in [0.5, 0.6) is 0 Å². The number of rotatable bonds is 7. The van der Waals surface area contributed by atoms with Crippen molar-refractivity contribution in [2.75, 3.05) is 11.1 Å². The van der Waals surface area contributed by atoms with Crippen LogP contribution in [0.4, 0.5) is 10.1 Å². The summed E-state index contributed by atoms with van der Waals surface area (Å²) in [5.41, 5.74) is 2.55. The Balaban J connectivity index is 1.32. The molecule has 1 N–H and O–H groups in total. The molecule has 0 aliphatic rings. The number of sulfone groups is 1. The van der Waals surface area contributed by atoms with E-state index in [-0.39, 0.29) is 29.4 Å². The van der Waals surface area contributed by atoms with Crippen molar-refractivity contribution in [2.24, 2.45) is 0 Å². The van der Waals surface area contributed by atoms with Gasteiger partial charge in [0, 0.05) is 17.7 Å². The smallest absolute Gasteiger partial charge is 0.224 e. The summed E-state index contributed by atoms with van der Waals surface area (Å²) in [6.07, 6.45) is 0.245. The molecular weight excluding hydrogens is 435 g/mol. The van der Waals surface area contributed by atoms with E-state index in [1.165, 1.54) is 12.1 Å². The van der Waals surface area contributed by atoms with Crippen molar-refractivity contribution in [1.82, 2.24) is 4.98 Å². The highest BCUT2D eigenvalue weighted by molar-refractivity contribution is 7.91. The van der Waals surface area contributed by atoms with E-state index in [2.05, 4.69) is 10.3 Å². The summed E-state index contributed by atoms with van der Waals surface area (Å²) in [5.74, 6) is -0.933. The lowest BCUT2D eigenvalue weighted by Crippen LogP contribution is -2.14. The first-order valence-corrected chi connectivity index (χ1v) is 12.1. The maximum Gasteiger partial charge on any atom is 0.224 e. The molecule has 0 bridgehead atoms. The second kappa shape index (κ2) is 8.95. The summed E-state index contributed by atoms with van der Waals surface area (Å²) >= 11 is 1.61. The number of nitrogens with zero attached hydrogens (tertiary/aromatic N) is 1. The first-order chi connectivity index (χ1) is 14.9. The number of carbonyl (C=O) groups is 1. The first kappa shape index (κ1) is 21.1. The lowest BCUT2D eigenvalue weighted by molar-refractivity contribution is -0.116. The number of carbonyl (C=O) groups excluding carboxylic acids is 1. The average molecular weight is 455 g/mol. The minimum absolute atomic E-state index is 0.0553. The molecule has 0 atom stereocenters. The molecule has 0 fully saturated rings. The lowest BCUT2D eigenvalue weighted by Gasteiger charge is -2.07. The van der Waals surface area contributed by atoms with E-state index in [9.17, 15) is 17.6 Å². The molecule has 1 amide bonds. The van der Waals surface area contributed by atoms with E-state index < -0.39 is 15.7 Å². The highest BCUT2D eigenvalue weighted by Gasteiger charge is 2.15. The van der Waals surface area contributed by atoms with Gasteiger partial charge in [-0.25, -0.2) is 17.8 Å². The van der Waals surface area contributed by atoms with Crippen LogP contribution < -0.4 is 5.32 Å². The minimum Gasteiger partial charge on any atom is -0.326 e. The Kier molecular flexibility index (Phi) is 6.11. The molecule has 0 aliphatic heterocycles. The third kappa shape index (κ3) is 5.15. The fraction of sp³-hybridized carbons (Fsp3) is 0.130. The Labute approximate surface area is 183 Å². The monoisotopic (exact) mass is 454 g/mol. The normalized spacial score (nSPS) is 11.5. The summed E-state index contributed by atoms with van der Waals surface area (Å²) in [6.45, 7) is 0. The number of halogens is 1. The quantitative estimate of drug-likeness (QED) is 0.385. The Hall–Kier alpha value is -3.10. The van der Waals surface area contributed by atoms with Gasteiger partial charge in [0.2, 0.25) is 5.91 Å². The average Bonchev–Trinajstić information content (AvgIpc) is 3.19. The van der Waals surface area contributed by atoms with Crippen molar-refractivity contribution in [1.29, 1.82) is 0 Å². The second-order valence-electron chi connectivity index (χ2n) is 6.99. The summed E-state index contributed by atoms with van der Waals surface area (Å²) in [7, 11) is -3.55. The molecule has 31 heavy (non-hydrogen) atoms. The molecular formula is C23H19FN2O3S2. The summed E-state index contributed by atoms with van der Waals surface area (Å²) in [6, 6.07) is 20.0. The second-order valence-corrected chi connectivity index (χ2v) is 10.1. The Bertz CT molecular complexity index is 1280. The zero-order valence-electron chi connectivity index (χ0n) is 16.4. The van der Waals surface area contributed by atoms with Gasteiger partial charge in [-0.05, 0) is 67.1 Å². The lowest BCUT2D eigenvalue weighted by atomic mass is 10.2. The maximum atomic E-state index is 13.0. The summed E-state index contributed by atoms with van der Waals surface area (Å²) in [5, 5.41) is 3.69. The van der Waals surface area contributed by atoms with Crippen LogP contribution in [0.25, 0.3) is 20.8 Å². The van der Waals surface area contributed by atoms with Crippen molar-refractivity contribution in [3.05, 3.63) is 78.6 Å². The van der Waals surface area contributed by atoms with Crippen LogP contribution in [0.3, 0.4) is 0 Å². The molecule has 8 heteroatoms. The van der Waals surface area contributed by atoms with Crippen molar-refractivity contribution >= 4 is 43.0 Å². The van der Waals surface area contributed by atoms with E-state index in [1.54, 1.807) is 23.5 Å². The van der Waals surface area contributed by atoms with E-state index in [0.29, 0.717) is 5.69 Å². The number of para-hydroxylation sites is 1. The number of nitrogens with one attached hydrogen (secondary N) is 1. The molecule has 0 radical (unpaired) electrons. The number of benzene rings is 3. The molecule has 0 saturated carbocycles. The molecule has 3 aromatic carbocycles. The molecule has 158 valence electrons. The number of hydrogen-bond donors (Lipinski definition) is 1. The van der Waals surface area contributed by atoms with Gasteiger partial charge in [0.25, 0.3) is 0 Å². The zero-order chi connectivity index (χ0) is 21.8. The number of fused-ring (bicyclic) bond motifs is 1. The number of amides is 1. The maximum absolute atomic E-state index is 13.0. The van der Waals surface area contributed by atoms with Crippen molar-refractivity contribution in [3.63, 3.8) is 0 Å². The molecule has 0 spiro atoms. The molecule has 0 unspecified atom stereocenters. The summed E-state index contributed by atoms with van der Waals surface area (Å²) in [4.78, 5) is 16.9. The predicted molar refractivity (Wildman–Crippen MR) is 121 cm³/mol. The third-order valence-electron chi connectivity index (χ3n) is 4.70. The fourth-order valence-electron chi connectivity index (χ4n) is 3.10. The first-order valence-electron chi connectivity index (χ1n) is 9.65. The molecule has 0 saturated heterocycles. The summed E-state index contributed by atoms with van der Waals surface area (Å²) < 4.78 is 38.6. The van der Waals surface area contributed by atoms with E-state index >= 15 is 0 Å². The Morgan fingerprint density at radius 3 is 2.39 bits per heavy atom. The fourth-order valence-corrected chi connectivity index (χ4v) is 5.38. The molecule has 4 rings (SSSR count). The predicted octanol–water partition coefficient (Wildman–Crippen LogP) is 5.30. The largest absolute Gasteiger partial charge is 0.326 e. The molecule has 4 aromatic rings. The van der Waals surface area contributed by atoms with Gasteiger partial charge in [-0.15, -0.1) is 11.3 Å². The van der Waals surface area contributed by atoms with Gasteiger partial charge in [0.05, 0.1) is 20.9 Å². The van der Waals surface area contributed by atoms with Crippen molar-refractivity contribution in [2.45, 2.75) is 17.7 Å². The van der Waals surface area contributed by atoms with Crippen LogP contribution in [-0.2, 0) is 14.6 Å². The van der Waals surface area contributed by atoms with E-state index in [1.807, 2.05) is 36.4 Å². The van der Waals surface area contributed by atoms with Gasteiger partial charge in [0.15, 0.2) is 9.84 Å².